The van der Waals surface area contributed by atoms with E-state index in [1.807, 2.05) is 18.2 Å². The molecule has 0 aliphatic carbocycles. The molecule has 0 aromatic heterocycles. The molecule has 0 spiro atoms. The number of rotatable bonds is 3. The van der Waals surface area contributed by atoms with Gasteiger partial charge in [-0.3, -0.25) is 10.4 Å². The summed E-state index contributed by atoms with van der Waals surface area (Å²) < 4.78 is 1.02. The van der Waals surface area contributed by atoms with Gasteiger partial charge in [-0.25, -0.2) is 5.84 Å². The summed E-state index contributed by atoms with van der Waals surface area (Å²) in [5.41, 5.74) is 3.46. The number of guanidine groups is 1. The van der Waals surface area contributed by atoms with Crippen molar-refractivity contribution in [1.29, 1.82) is 0 Å². The van der Waals surface area contributed by atoms with Gasteiger partial charge in [0.2, 0.25) is 5.96 Å². The molecule has 0 saturated heterocycles. The van der Waals surface area contributed by atoms with Crippen molar-refractivity contribution >= 4 is 45.8 Å². The van der Waals surface area contributed by atoms with Crippen LogP contribution in [-0.4, -0.2) is 12.5 Å². The van der Waals surface area contributed by atoms with Crippen LogP contribution >= 0.6 is 34.2 Å². The van der Waals surface area contributed by atoms with Crippen molar-refractivity contribution in [3.63, 3.8) is 0 Å². The van der Waals surface area contributed by atoms with Gasteiger partial charge in [-0.05, 0) is 47.2 Å². The summed E-state index contributed by atoms with van der Waals surface area (Å²) >= 11 is 8.07. The summed E-state index contributed by atoms with van der Waals surface area (Å²) in [4.78, 5) is 4.25. The van der Waals surface area contributed by atoms with Crippen LogP contribution in [0.15, 0.2) is 23.2 Å². The monoisotopic (exact) mass is 352 g/mol. The Kier molecular flexibility index (Phi) is 5.86. The lowest BCUT2D eigenvalue weighted by Crippen LogP contribution is -2.36. The molecule has 4 nitrogen and oxygen atoms in total. The molecule has 0 aliphatic rings. The SMILES string of the molecule is CCCN=C(NN)Nc1ccc(Cl)cc1I. The summed E-state index contributed by atoms with van der Waals surface area (Å²) in [5.74, 6) is 5.93. The molecule has 0 fully saturated rings. The Morgan fingerprint density at radius 3 is 2.88 bits per heavy atom. The number of benzene rings is 1. The molecular weight excluding hydrogens is 338 g/mol. The van der Waals surface area contributed by atoms with Crippen molar-refractivity contribution in [2.45, 2.75) is 13.3 Å². The predicted molar refractivity (Wildman–Crippen MR) is 77.7 cm³/mol. The zero-order chi connectivity index (χ0) is 12.0. The highest BCUT2D eigenvalue weighted by atomic mass is 127. The van der Waals surface area contributed by atoms with Crippen LogP contribution in [0.2, 0.25) is 5.02 Å². The number of nitrogens with zero attached hydrogens (tertiary/aromatic N) is 1. The molecule has 0 radical (unpaired) electrons. The van der Waals surface area contributed by atoms with E-state index in [2.05, 4.69) is 45.2 Å². The third kappa shape index (κ3) is 4.15. The van der Waals surface area contributed by atoms with Crippen molar-refractivity contribution in [2.24, 2.45) is 10.8 Å². The van der Waals surface area contributed by atoms with E-state index in [-0.39, 0.29) is 0 Å². The second kappa shape index (κ2) is 6.93. The molecule has 0 atom stereocenters. The van der Waals surface area contributed by atoms with Crippen LogP contribution in [0.3, 0.4) is 0 Å². The molecule has 16 heavy (non-hydrogen) atoms. The zero-order valence-electron chi connectivity index (χ0n) is 8.93. The van der Waals surface area contributed by atoms with Gasteiger partial charge in [0.15, 0.2) is 0 Å². The van der Waals surface area contributed by atoms with Gasteiger partial charge >= 0.3 is 0 Å². The van der Waals surface area contributed by atoms with E-state index in [0.717, 1.165) is 22.2 Å². The molecule has 4 N–H and O–H groups in total. The van der Waals surface area contributed by atoms with E-state index >= 15 is 0 Å². The number of aliphatic imine (C=N–C) groups is 1. The summed E-state index contributed by atoms with van der Waals surface area (Å²) in [5, 5.41) is 3.82. The summed E-state index contributed by atoms with van der Waals surface area (Å²) in [6.45, 7) is 2.79. The van der Waals surface area contributed by atoms with E-state index in [1.54, 1.807) is 0 Å². The van der Waals surface area contributed by atoms with E-state index in [0.29, 0.717) is 11.0 Å². The number of nitrogens with one attached hydrogen (secondary N) is 2. The van der Waals surface area contributed by atoms with E-state index in [9.17, 15) is 0 Å². The predicted octanol–water partition coefficient (Wildman–Crippen LogP) is 2.59. The first-order valence-corrected chi connectivity index (χ1v) is 6.36. The first-order chi connectivity index (χ1) is 7.67. The van der Waals surface area contributed by atoms with Gasteiger partial charge in [0.05, 0.1) is 5.69 Å². The number of hydrogen-bond donors (Lipinski definition) is 3. The molecule has 6 heteroatoms. The topological polar surface area (TPSA) is 62.4 Å². The first-order valence-electron chi connectivity index (χ1n) is 4.90. The fourth-order valence-corrected chi connectivity index (χ4v) is 2.07. The minimum atomic E-state index is 0.557. The standard InChI is InChI=1S/C10H14ClIN4/c1-2-5-14-10(16-13)15-9-4-3-7(11)6-8(9)12/h3-4,6H,2,5,13H2,1H3,(H2,14,15,16). The van der Waals surface area contributed by atoms with Crippen molar-refractivity contribution in [2.75, 3.05) is 11.9 Å². The summed E-state index contributed by atoms with van der Waals surface area (Å²) in [7, 11) is 0. The van der Waals surface area contributed by atoms with Crippen molar-refractivity contribution < 1.29 is 0 Å². The molecule has 0 amide bonds. The largest absolute Gasteiger partial charge is 0.324 e. The summed E-state index contributed by atoms with van der Waals surface area (Å²) in [6.07, 6.45) is 0.977. The van der Waals surface area contributed by atoms with Crippen molar-refractivity contribution in [1.82, 2.24) is 5.43 Å². The summed E-state index contributed by atoms with van der Waals surface area (Å²) in [6, 6.07) is 5.58. The normalized spacial score (nSPS) is 11.4. The average Bonchev–Trinajstić information content (AvgIpc) is 2.27. The smallest absolute Gasteiger partial charge is 0.210 e. The Bertz CT molecular complexity index is 381. The maximum absolute atomic E-state index is 5.87. The lowest BCUT2D eigenvalue weighted by Gasteiger charge is -2.10. The number of hydrogen-bond acceptors (Lipinski definition) is 2. The molecular formula is C10H14ClIN4. The second-order valence-corrected chi connectivity index (χ2v) is 4.72. The van der Waals surface area contributed by atoms with Crippen LogP contribution < -0.4 is 16.6 Å². The van der Waals surface area contributed by atoms with Gasteiger partial charge in [0, 0.05) is 15.1 Å². The fourth-order valence-electron chi connectivity index (χ4n) is 1.06. The third-order valence-corrected chi connectivity index (χ3v) is 2.94. The van der Waals surface area contributed by atoms with Crippen LogP contribution in [-0.2, 0) is 0 Å². The van der Waals surface area contributed by atoms with Crippen LogP contribution in [0.1, 0.15) is 13.3 Å². The maximum Gasteiger partial charge on any atom is 0.210 e. The quantitative estimate of drug-likeness (QED) is 0.258. The van der Waals surface area contributed by atoms with Crippen LogP contribution in [0.25, 0.3) is 0 Å². The van der Waals surface area contributed by atoms with Gasteiger partial charge < -0.3 is 5.32 Å². The molecule has 1 rings (SSSR count). The number of halogens is 2. The second-order valence-electron chi connectivity index (χ2n) is 3.12. The highest BCUT2D eigenvalue weighted by molar-refractivity contribution is 14.1. The lowest BCUT2D eigenvalue weighted by atomic mass is 10.3. The first kappa shape index (κ1) is 13.5. The zero-order valence-corrected chi connectivity index (χ0v) is 11.8. The highest BCUT2D eigenvalue weighted by Gasteiger charge is 2.02. The molecule has 0 saturated carbocycles. The van der Waals surface area contributed by atoms with Crippen LogP contribution in [0.5, 0.6) is 0 Å². The van der Waals surface area contributed by atoms with Gasteiger partial charge in [-0.15, -0.1) is 0 Å². The van der Waals surface area contributed by atoms with Crippen LogP contribution in [0, 0.1) is 3.57 Å². The molecule has 88 valence electrons. The lowest BCUT2D eigenvalue weighted by molar-refractivity contribution is 0.905. The Hall–Kier alpha value is -0.530. The molecule has 0 aliphatic heterocycles. The minimum absolute atomic E-state index is 0.557. The Labute approximate surface area is 114 Å². The van der Waals surface area contributed by atoms with Crippen LogP contribution in [0.4, 0.5) is 5.69 Å². The Morgan fingerprint density at radius 2 is 2.31 bits per heavy atom. The minimum Gasteiger partial charge on any atom is -0.324 e. The molecule has 1 aromatic rings. The highest BCUT2D eigenvalue weighted by Crippen LogP contribution is 2.21. The molecule has 1 aromatic carbocycles. The molecule has 0 bridgehead atoms. The van der Waals surface area contributed by atoms with Crippen molar-refractivity contribution in [3.8, 4) is 0 Å². The molecule has 0 unspecified atom stereocenters. The molecule has 0 heterocycles. The Balaban J connectivity index is 2.78. The van der Waals surface area contributed by atoms with E-state index < -0.39 is 0 Å². The van der Waals surface area contributed by atoms with Gasteiger partial charge in [-0.1, -0.05) is 18.5 Å². The van der Waals surface area contributed by atoms with Gasteiger partial charge in [0.1, 0.15) is 0 Å². The number of anilines is 1. The van der Waals surface area contributed by atoms with Gasteiger partial charge in [0.25, 0.3) is 0 Å². The van der Waals surface area contributed by atoms with Gasteiger partial charge in [-0.2, -0.15) is 0 Å². The Morgan fingerprint density at radius 1 is 1.56 bits per heavy atom. The fraction of sp³-hybridized carbons (Fsp3) is 0.300. The van der Waals surface area contributed by atoms with E-state index in [1.165, 1.54) is 0 Å². The van der Waals surface area contributed by atoms with Crippen molar-refractivity contribution in [3.05, 3.63) is 26.8 Å². The van der Waals surface area contributed by atoms with E-state index in [4.69, 9.17) is 17.4 Å². The average molecular weight is 353 g/mol. The third-order valence-electron chi connectivity index (χ3n) is 1.81. The number of nitrogens with two attached hydrogens (primary N) is 1. The number of hydrazine groups is 1. The maximum atomic E-state index is 5.87.